The summed E-state index contributed by atoms with van der Waals surface area (Å²) in [5.41, 5.74) is 1.01. The lowest BCUT2D eigenvalue weighted by molar-refractivity contribution is 0.580. The van der Waals surface area contributed by atoms with Gasteiger partial charge in [0.25, 0.3) is 0 Å². The molecule has 0 atom stereocenters. The van der Waals surface area contributed by atoms with E-state index in [1.807, 2.05) is 0 Å². The Morgan fingerprint density at radius 1 is 1.31 bits per heavy atom. The summed E-state index contributed by atoms with van der Waals surface area (Å²) < 4.78 is 13.5. The Morgan fingerprint density at radius 2 is 1.85 bits per heavy atom. The molecule has 0 aliphatic rings. The average molecular weight is 266 g/mol. The summed E-state index contributed by atoms with van der Waals surface area (Å²) in [6.07, 6.45) is 0. The van der Waals surface area contributed by atoms with Crippen LogP contribution in [0.25, 0.3) is 0 Å². The first-order valence-electron chi connectivity index (χ1n) is 3.97. The molecule has 0 heterocycles. The van der Waals surface area contributed by atoms with Crippen LogP contribution in [0.5, 0.6) is 0 Å². The lowest BCUT2D eigenvalue weighted by atomic mass is 9.87. The molecule has 0 unspecified atom stereocenters. The molecule has 3 heteroatoms. The zero-order chi connectivity index (χ0) is 10.2. The third-order valence-electron chi connectivity index (χ3n) is 1.85. The van der Waals surface area contributed by atoms with Gasteiger partial charge in [0.2, 0.25) is 0 Å². The minimum atomic E-state index is -0.394. The molecule has 0 N–H and O–H groups in total. The molecule has 0 amide bonds. The van der Waals surface area contributed by atoms with Crippen molar-refractivity contribution in [2.24, 2.45) is 0 Å². The van der Waals surface area contributed by atoms with Gasteiger partial charge in [-0.2, -0.15) is 0 Å². The summed E-state index contributed by atoms with van der Waals surface area (Å²) in [5, 5.41) is 0.166. The molecule has 1 aromatic rings. The van der Waals surface area contributed by atoms with Crippen molar-refractivity contribution in [3.8, 4) is 0 Å². The fourth-order valence-corrected chi connectivity index (χ4v) is 1.78. The van der Waals surface area contributed by atoms with Crippen molar-refractivity contribution in [1.82, 2.24) is 0 Å². The Balaban J connectivity index is 3.29. The van der Waals surface area contributed by atoms with Crippen LogP contribution in [0.2, 0.25) is 5.02 Å². The van der Waals surface area contributed by atoms with Crippen LogP contribution >= 0.6 is 27.5 Å². The lowest BCUT2D eigenvalue weighted by Crippen LogP contribution is -2.11. The van der Waals surface area contributed by atoms with Crippen LogP contribution in [0.15, 0.2) is 16.6 Å². The highest BCUT2D eigenvalue weighted by atomic mass is 79.9. The molecule has 0 aliphatic carbocycles. The minimum absolute atomic E-state index is 0.0140. The van der Waals surface area contributed by atoms with Crippen LogP contribution in [-0.4, -0.2) is 0 Å². The molecule has 13 heavy (non-hydrogen) atoms. The van der Waals surface area contributed by atoms with E-state index in [0.717, 1.165) is 5.56 Å². The fraction of sp³-hybridized carbons (Fsp3) is 0.400. The number of hydrogen-bond donors (Lipinski definition) is 0. The molecule has 0 saturated carbocycles. The van der Waals surface area contributed by atoms with Gasteiger partial charge in [0.15, 0.2) is 5.82 Å². The van der Waals surface area contributed by atoms with Crippen LogP contribution < -0.4 is 0 Å². The van der Waals surface area contributed by atoms with Gasteiger partial charge in [0.1, 0.15) is 0 Å². The summed E-state index contributed by atoms with van der Waals surface area (Å²) in [5.74, 6) is -0.394. The molecule has 0 radical (unpaired) electrons. The molecular weight excluding hydrogens is 254 g/mol. The molecule has 0 saturated heterocycles. The highest BCUT2D eigenvalue weighted by Crippen LogP contribution is 2.31. The predicted octanol–water partition coefficient (Wildman–Crippen LogP) is 4.54. The van der Waals surface area contributed by atoms with Gasteiger partial charge in [-0.05, 0) is 39.0 Å². The quantitative estimate of drug-likeness (QED) is 0.604. The van der Waals surface area contributed by atoms with Crippen molar-refractivity contribution < 1.29 is 4.39 Å². The summed E-state index contributed by atoms with van der Waals surface area (Å²) in [6.45, 7) is 6.18. The van der Waals surface area contributed by atoms with Crippen LogP contribution in [-0.2, 0) is 5.41 Å². The van der Waals surface area contributed by atoms with Gasteiger partial charge in [0, 0.05) is 0 Å². The van der Waals surface area contributed by atoms with Crippen LogP contribution in [0, 0.1) is 5.82 Å². The van der Waals surface area contributed by atoms with Gasteiger partial charge in [-0.25, -0.2) is 4.39 Å². The van der Waals surface area contributed by atoms with Gasteiger partial charge in [-0.3, -0.25) is 0 Å². The van der Waals surface area contributed by atoms with Crippen LogP contribution in [0.3, 0.4) is 0 Å². The first kappa shape index (κ1) is 11.0. The Labute approximate surface area is 91.2 Å². The molecule has 0 fully saturated rings. The SMILES string of the molecule is CC(C)(C)c1cc(Cl)c(F)c(Br)c1. The Morgan fingerprint density at radius 3 is 2.23 bits per heavy atom. The van der Waals surface area contributed by atoms with Gasteiger partial charge in [-0.1, -0.05) is 32.4 Å². The number of rotatable bonds is 0. The Kier molecular flexibility index (Phi) is 3.03. The van der Waals surface area contributed by atoms with E-state index in [-0.39, 0.29) is 10.4 Å². The molecule has 0 bridgehead atoms. The van der Waals surface area contributed by atoms with E-state index in [4.69, 9.17) is 11.6 Å². The van der Waals surface area contributed by atoms with Crippen molar-refractivity contribution in [2.75, 3.05) is 0 Å². The second kappa shape index (κ2) is 3.58. The molecule has 0 aromatic heterocycles. The standard InChI is InChI=1S/C10H11BrClF/c1-10(2,3)6-4-7(11)9(13)8(12)5-6/h4-5H,1-3H3. The first-order valence-corrected chi connectivity index (χ1v) is 5.14. The normalized spacial score (nSPS) is 11.8. The highest BCUT2D eigenvalue weighted by Gasteiger charge is 2.17. The summed E-state index contributed by atoms with van der Waals surface area (Å²) >= 11 is 8.85. The van der Waals surface area contributed by atoms with Crippen molar-refractivity contribution in [3.05, 3.63) is 33.0 Å². The van der Waals surface area contributed by atoms with Gasteiger partial charge < -0.3 is 0 Å². The predicted molar refractivity (Wildman–Crippen MR) is 57.8 cm³/mol. The number of halogens is 3. The highest BCUT2D eigenvalue weighted by molar-refractivity contribution is 9.10. The van der Waals surface area contributed by atoms with E-state index in [1.54, 1.807) is 12.1 Å². The molecule has 0 spiro atoms. The minimum Gasteiger partial charge on any atom is -0.204 e. The molecule has 0 nitrogen and oxygen atoms in total. The monoisotopic (exact) mass is 264 g/mol. The molecule has 72 valence electrons. The zero-order valence-corrected chi connectivity index (χ0v) is 10.1. The van der Waals surface area contributed by atoms with Crippen LogP contribution in [0.1, 0.15) is 26.3 Å². The number of hydrogen-bond acceptors (Lipinski definition) is 0. The van der Waals surface area contributed by atoms with E-state index in [2.05, 4.69) is 36.7 Å². The first-order chi connectivity index (χ1) is 5.82. The second-order valence-corrected chi connectivity index (χ2v) is 5.27. The second-order valence-electron chi connectivity index (χ2n) is 4.00. The van der Waals surface area contributed by atoms with Gasteiger partial charge in [-0.15, -0.1) is 0 Å². The van der Waals surface area contributed by atoms with Gasteiger partial charge in [0.05, 0.1) is 9.50 Å². The molecule has 1 aromatic carbocycles. The van der Waals surface area contributed by atoms with E-state index in [1.165, 1.54) is 0 Å². The Hall–Kier alpha value is -0.0800. The molecule has 1 rings (SSSR count). The fourth-order valence-electron chi connectivity index (χ4n) is 0.989. The zero-order valence-electron chi connectivity index (χ0n) is 7.79. The third kappa shape index (κ3) is 2.44. The lowest BCUT2D eigenvalue weighted by Gasteiger charge is -2.19. The largest absolute Gasteiger partial charge is 0.204 e. The maximum Gasteiger partial charge on any atom is 0.155 e. The van der Waals surface area contributed by atoms with E-state index in [0.29, 0.717) is 4.47 Å². The maximum atomic E-state index is 13.1. The molecular formula is C10H11BrClF. The molecule has 0 aliphatic heterocycles. The van der Waals surface area contributed by atoms with Crippen molar-refractivity contribution in [2.45, 2.75) is 26.2 Å². The summed E-state index contributed by atoms with van der Waals surface area (Å²) in [7, 11) is 0. The maximum absolute atomic E-state index is 13.1. The Bertz CT molecular complexity index is 305. The summed E-state index contributed by atoms with van der Waals surface area (Å²) in [6, 6.07) is 3.43. The topological polar surface area (TPSA) is 0 Å². The third-order valence-corrected chi connectivity index (χ3v) is 2.70. The number of benzene rings is 1. The van der Waals surface area contributed by atoms with E-state index in [9.17, 15) is 4.39 Å². The van der Waals surface area contributed by atoms with Crippen molar-refractivity contribution in [3.63, 3.8) is 0 Å². The average Bonchev–Trinajstić information content (AvgIpc) is 1.97. The van der Waals surface area contributed by atoms with Gasteiger partial charge >= 0.3 is 0 Å². The smallest absolute Gasteiger partial charge is 0.155 e. The van der Waals surface area contributed by atoms with Crippen molar-refractivity contribution >= 4 is 27.5 Å². The summed E-state index contributed by atoms with van der Waals surface area (Å²) in [4.78, 5) is 0. The van der Waals surface area contributed by atoms with E-state index >= 15 is 0 Å². The van der Waals surface area contributed by atoms with E-state index < -0.39 is 5.82 Å². The van der Waals surface area contributed by atoms with Crippen molar-refractivity contribution in [1.29, 1.82) is 0 Å². The van der Waals surface area contributed by atoms with Crippen LogP contribution in [0.4, 0.5) is 4.39 Å².